The number of hydrogen-bond acceptors (Lipinski definition) is 5. The quantitative estimate of drug-likeness (QED) is 0.873. The van der Waals surface area contributed by atoms with E-state index in [1.165, 1.54) is 25.3 Å². The number of anilines is 1. The molecule has 7 heteroatoms. The van der Waals surface area contributed by atoms with E-state index in [0.717, 1.165) is 0 Å². The molecule has 1 aromatic heterocycles. The Labute approximate surface area is 128 Å². The second-order valence-corrected chi connectivity index (χ2v) is 6.98. The largest absolute Gasteiger partial charge is 0.497 e. The van der Waals surface area contributed by atoms with E-state index in [-0.39, 0.29) is 15.7 Å². The predicted molar refractivity (Wildman–Crippen MR) is 82.3 cm³/mol. The minimum absolute atomic E-state index is 0.115. The van der Waals surface area contributed by atoms with E-state index < -0.39 is 9.84 Å². The Bertz CT molecular complexity index is 776. The number of halogens is 1. The summed E-state index contributed by atoms with van der Waals surface area (Å²) in [7, 11) is -2.03. The van der Waals surface area contributed by atoms with Crippen molar-refractivity contribution in [2.75, 3.05) is 12.8 Å². The van der Waals surface area contributed by atoms with Crippen LogP contribution in [0.25, 0.3) is 0 Å². The molecule has 0 atom stereocenters. The van der Waals surface area contributed by atoms with Crippen LogP contribution in [0.15, 0.2) is 35.2 Å². The topological polar surface area (TPSA) is 82.3 Å². The first kappa shape index (κ1) is 15.6. The molecular weight excluding hydrogens is 312 g/mol. The lowest BCUT2D eigenvalue weighted by Crippen LogP contribution is -2.07. The summed E-state index contributed by atoms with van der Waals surface area (Å²) in [6.07, 6.45) is 0. The van der Waals surface area contributed by atoms with Crippen LogP contribution in [0, 0.1) is 6.92 Å². The van der Waals surface area contributed by atoms with Gasteiger partial charge in [0.25, 0.3) is 0 Å². The molecule has 0 spiro atoms. The number of rotatable bonds is 4. The van der Waals surface area contributed by atoms with Gasteiger partial charge in [-0.25, -0.2) is 8.42 Å². The van der Waals surface area contributed by atoms with Crippen LogP contribution < -0.4 is 10.5 Å². The molecule has 0 fully saturated rings. The molecule has 0 saturated carbocycles. The smallest absolute Gasteiger partial charge is 0.184 e. The fourth-order valence-electron chi connectivity index (χ4n) is 1.87. The van der Waals surface area contributed by atoms with Gasteiger partial charge in [-0.1, -0.05) is 11.6 Å². The fraction of sp³-hybridized carbons (Fsp3) is 0.214. The first-order valence-corrected chi connectivity index (χ1v) is 8.14. The summed E-state index contributed by atoms with van der Waals surface area (Å²) in [4.78, 5) is 4.33. The number of methoxy groups -OCH3 is 1. The van der Waals surface area contributed by atoms with E-state index in [1.54, 1.807) is 19.1 Å². The molecule has 0 aliphatic heterocycles. The maximum Gasteiger partial charge on any atom is 0.184 e. The predicted octanol–water partition coefficient (Wildman–Crippen LogP) is 2.61. The van der Waals surface area contributed by atoms with Crippen molar-refractivity contribution in [3.63, 3.8) is 0 Å². The van der Waals surface area contributed by atoms with E-state index in [4.69, 9.17) is 22.1 Å². The van der Waals surface area contributed by atoms with Crippen LogP contribution >= 0.6 is 11.6 Å². The normalized spacial score (nSPS) is 11.4. The molecule has 1 heterocycles. The summed E-state index contributed by atoms with van der Waals surface area (Å²) in [6, 6.07) is 7.59. The van der Waals surface area contributed by atoms with Crippen molar-refractivity contribution in [2.24, 2.45) is 0 Å². The zero-order chi connectivity index (χ0) is 15.6. The van der Waals surface area contributed by atoms with Crippen LogP contribution in [0.4, 0.5) is 5.69 Å². The average Bonchev–Trinajstić information content (AvgIpc) is 2.40. The number of benzene rings is 1. The van der Waals surface area contributed by atoms with Crippen LogP contribution in [-0.4, -0.2) is 20.5 Å². The van der Waals surface area contributed by atoms with E-state index in [0.29, 0.717) is 22.8 Å². The van der Waals surface area contributed by atoms with Gasteiger partial charge in [0.15, 0.2) is 9.84 Å². The summed E-state index contributed by atoms with van der Waals surface area (Å²) in [6.45, 7) is 1.78. The highest BCUT2D eigenvalue weighted by Crippen LogP contribution is 2.25. The second-order valence-electron chi connectivity index (χ2n) is 4.58. The maximum atomic E-state index is 12.4. The van der Waals surface area contributed by atoms with Crippen molar-refractivity contribution in [3.8, 4) is 5.75 Å². The number of pyridine rings is 1. The van der Waals surface area contributed by atoms with Gasteiger partial charge in [-0.3, -0.25) is 4.98 Å². The van der Waals surface area contributed by atoms with Gasteiger partial charge in [-0.15, -0.1) is 0 Å². The number of nitrogen functional groups attached to an aromatic ring is 1. The highest BCUT2D eigenvalue weighted by Gasteiger charge is 2.18. The monoisotopic (exact) mass is 326 g/mol. The van der Waals surface area contributed by atoms with Gasteiger partial charge in [0.2, 0.25) is 0 Å². The van der Waals surface area contributed by atoms with Crippen LogP contribution in [0.1, 0.15) is 11.4 Å². The Morgan fingerprint density at radius 2 is 2.00 bits per heavy atom. The SMILES string of the molecule is COc1cc(C)nc(CS(=O)(=O)c2ccc(N)c(Cl)c2)c1. The minimum atomic E-state index is -3.55. The van der Waals surface area contributed by atoms with Crippen molar-refractivity contribution in [1.29, 1.82) is 0 Å². The molecule has 0 aliphatic carbocycles. The third-order valence-corrected chi connectivity index (χ3v) is 4.86. The summed E-state index contributed by atoms with van der Waals surface area (Å²) >= 11 is 5.87. The van der Waals surface area contributed by atoms with Gasteiger partial charge in [-0.2, -0.15) is 0 Å². The number of aryl methyl sites for hydroxylation is 1. The molecule has 112 valence electrons. The summed E-state index contributed by atoms with van der Waals surface area (Å²) in [5.41, 5.74) is 7.03. The molecule has 5 nitrogen and oxygen atoms in total. The average molecular weight is 327 g/mol. The standard InChI is InChI=1S/C14H15ClN2O3S/c1-9-5-11(20-2)6-10(17-9)8-21(18,19)12-3-4-14(16)13(15)7-12/h3-7H,8,16H2,1-2H3. The van der Waals surface area contributed by atoms with Gasteiger partial charge in [0.1, 0.15) is 5.75 Å². The maximum absolute atomic E-state index is 12.4. The highest BCUT2D eigenvalue weighted by molar-refractivity contribution is 7.90. The number of aromatic nitrogens is 1. The zero-order valence-corrected chi connectivity index (χ0v) is 13.2. The second kappa shape index (κ2) is 5.91. The van der Waals surface area contributed by atoms with Crippen LogP contribution in [-0.2, 0) is 15.6 Å². The zero-order valence-electron chi connectivity index (χ0n) is 11.6. The van der Waals surface area contributed by atoms with Gasteiger partial charge in [0.05, 0.1) is 34.2 Å². The number of nitrogens with two attached hydrogens (primary N) is 1. The van der Waals surface area contributed by atoms with Crippen molar-refractivity contribution >= 4 is 27.1 Å². The van der Waals surface area contributed by atoms with Crippen LogP contribution in [0.2, 0.25) is 5.02 Å². The van der Waals surface area contributed by atoms with E-state index in [9.17, 15) is 8.42 Å². The molecule has 0 saturated heterocycles. The molecule has 0 aliphatic rings. The highest BCUT2D eigenvalue weighted by atomic mass is 35.5. The third-order valence-electron chi connectivity index (χ3n) is 2.88. The van der Waals surface area contributed by atoms with E-state index in [1.807, 2.05) is 0 Å². The first-order valence-electron chi connectivity index (χ1n) is 6.11. The molecule has 2 N–H and O–H groups in total. The van der Waals surface area contributed by atoms with Gasteiger partial charge < -0.3 is 10.5 Å². The molecule has 0 radical (unpaired) electrons. The van der Waals surface area contributed by atoms with Crippen molar-refractivity contribution in [1.82, 2.24) is 4.98 Å². The summed E-state index contributed by atoms with van der Waals surface area (Å²) in [5.74, 6) is 0.341. The molecule has 0 amide bonds. The minimum Gasteiger partial charge on any atom is -0.497 e. The number of ether oxygens (including phenoxy) is 1. The van der Waals surface area contributed by atoms with Crippen molar-refractivity contribution in [3.05, 3.63) is 46.7 Å². The van der Waals surface area contributed by atoms with Gasteiger partial charge in [0, 0.05) is 17.8 Å². The Hall–Kier alpha value is -1.79. The van der Waals surface area contributed by atoms with Crippen LogP contribution in [0.5, 0.6) is 5.75 Å². The Balaban J connectivity index is 2.37. The Morgan fingerprint density at radius 1 is 1.29 bits per heavy atom. The summed E-state index contributed by atoms with van der Waals surface area (Å²) < 4.78 is 29.9. The summed E-state index contributed by atoms with van der Waals surface area (Å²) in [5, 5.41) is 0.214. The molecule has 0 bridgehead atoms. The van der Waals surface area contributed by atoms with E-state index >= 15 is 0 Å². The molecule has 2 rings (SSSR count). The molecule has 2 aromatic rings. The first-order chi connectivity index (χ1) is 9.81. The lowest BCUT2D eigenvalue weighted by Gasteiger charge is -2.08. The molecular formula is C14H15ClN2O3S. The Kier molecular flexibility index (Phi) is 4.39. The molecule has 21 heavy (non-hydrogen) atoms. The number of sulfone groups is 1. The van der Waals surface area contributed by atoms with Gasteiger partial charge in [-0.05, 0) is 25.1 Å². The third kappa shape index (κ3) is 3.65. The fourth-order valence-corrected chi connectivity index (χ4v) is 3.40. The molecule has 1 aromatic carbocycles. The lowest BCUT2D eigenvalue weighted by molar-refractivity contribution is 0.413. The van der Waals surface area contributed by atoms with Gasteiger partial charge >= 0.3 is 0 Å². The van der Waals surface area contributed by atoms with Crippen LogP contribution in [0.3, 0.4) is 0 Å². The molecule has 0 unspecified atom stereocenters. The number of hydrogen-bond donors (Lipinski definition) is 1. The Morgan fingerprint density at radius 3 is 2.62 bits per heavy atom. The van der Waals surface area contributed by atoms with E-state index in [2.05, 4.69) is 4.98 Å². The van der Waals surface area contributed by atoms with Crippen molar-refractivity contribution in [2.45, 2.75) is 17.6 Å². The number of nitrogens with zero attached hydrogens (tertiary/aromatic N) is 1. The lowest BCUT2D eigenvalue weighted by atomic mass is 10.3. The van der Waals surface area contributed by atoms with Crippen molar-refractivity contribution < 1.29 is 13.2 Å².